The number of carbonyl (C=O) groups is 1. The van der Waals surface area contributed by atoms with Crippen molar-refractivity contribution in [2.45, 2.75) is 63.1 Å². The predicted molar refractivity (Wildman–Crippen MR) is 128 cm³/mol. The highest BCUT2D eigenvalue weighted by Crippen LogP contribution is 2.44. The molecule has 0 radical (unpaired) electrons. The molecule has 7 heteroatoms. The van der Waals surface area contributed by atoms with Crippen LogP contribution in [0, 0.1) is 11.8 Å². The molecule has 5 rings (SSSR count). The van der Waals surface area contributed by atoms with Gasteiger partial charge in [0.05, 0.1) is 13.2 Å². The summed E-state index contributed by atoms with van der Waals surface area (Å²) in [5, 5.41) is 3.46. The van der Waals surface area contributed by atoms with Gasteiger partial charge in [-0.25, -0.2) is 0 Å². The summed E-state index contributed by atoms with van der Waals surface area (Å²) in [6.07, 6.45) is 8.53. The summed E-state index contributed by atoms with van der Waals surface area (Å²) >= 11 is 0. The predicted octanol–water partition coefficient (Wildman–Crippen LogP) is 4.05. The van der Waals surface area contributed by atoms with Crippen molar-refractivity contribution in [2.24, 2.45) is 11.8 Å². The largest absolute Gasteiger partial charge is 0.497 e. The number of nitrogens with one attached hydrogen (secondary N) is 1. The van der Waals surface area contributed by atoms with Crippen molar-refractivity contribution in [3.63, 3.8) is 0 Å². The van der Waals surface area contributed by atoms with E-state index in [1.165, 1.54) is 44.1 Å². The van der Waals surface area contributed by atoms with Gasteiger partial charge in [0.2, 0.25) is 5.91 Å². The van der Waals surface area contributed by atoms with E-state index in [2.05, 4.69) is 39.4 Å². The van der Waals surface area contributed by atoms with Gasteiger partial charge in [0, 0.05) is 31.7 Å². The third kappa shape index (κ3) is 5.00. The Bertz CT molecular complexity index is 726. The van der Waals surface area contributed by atoms with E-state index in [0.29, 0.717) is 29.8 Å². The quantitative estimate of drug-likeness (QED) is 0.724. The molecule has 0 saturated carbocycles. The van der Waals surface area contributed by atoms with E-state index in [4.69, 9.17) is 4.74 Å². The summed E-state index contributed by atoms with van der Waals surface area (Å²) < 4.78 is 5.35. The minimum Gasteiger partial charge on any atom is -0.497 e. The maximum absolute atomic E-state index is 13.1. The molecule has 1 N–H and O–H groups in total. The number of rotatable bonds is 3. The molecule has 2 bridgehead atoms. The lowest BCUT2D eigenvalue weighted by Crippen LogP contribution is -2.62. The van der Waals surface area contributed by atoms with Crippen molar-refractivity contribution < 1.29 is 9.53 Å². The maximum Gasteiger partial charge on any atom is 0.239 e. The molecule has 0 spiro atoms. The van der Waals surface area contributed by atoms with Crippen LogP contribution in [0.1, 0.15) is 56.6 Å². The fourth-order valence-electron chi connectivity index (χ4n) is 6.46. The average Bonchev–Trinajstić information content (AvgIpc) is 2.79. The third-order valence-electron chi connectivity index (χ3n) is 7.81. The lowest BCUT2D eigenvalue weighted by Gasteiger charge is -2.55. The number of benzene rings is 1. The first-order valence-electron chi connectivity index (χ1n) is 11.6. The Morgan fingerprint density at radius 2 is 1.81 bits per heavy atom. The number of likely N-dealkylation sites (tertiary alicyclic amines) is 1. The zero-order valence-corrected chi connectivity index (χ0v) is 20.1. The van der Waals surface area contributed by atoms with Gasteiger partial charge in [0.25, 0.3) is 0 Å². The standard InChI is InChI=1S/C24H35N3O2.2ClH/c1-29-20-10-8-18(9-11-20)22-6-4-7-23-19-13-17(15-27(22)23)14-26(16-19)24(28)21-5-2-3-12-25-21;;/h8-11,17,19,21-23,25H,2-7,12-16H2,1H3;2*1H/t17-,19+,21-,22+,23-;;/m0../s1. The van der Waals surface area contributed by atoms with Gasteiger partial charge in [0.1, 0.15) is 5.75 Å². The molecule has 0 aromatic heterocycles. The molecule has 1 aromatic carbocycles. The molecule has 0 aliphatic carbocycles. The van der Waals surface area contributed by atoms with Crippen molar-refractivity contribution in [2.75, 3.05) is 33.3 Å². The second-order valence-electron chi connectivity index (χ2n) is 9.59. The summed E-state index contributed by atoms with van der Waals surface area (Å²) in [7, 11) is 1.73. The van der Waals surface area contributed by atoms with Crippen LogP contribution in [-0.2, 0) is 4.79 Å². The number of piperidine rings is 4. The molecular weight excluding hydrogens is 433 g/mol. The van der Waals surface area contributed by atoms with Gasteiger partial charge in [-0.05, 0) is 74.6 Å². The van der Waals surface area contributed by atoms with E-state index in [-0.39, 0.29) is 30.9 Å². The Balaban J connectivity index is 0.00000136. The fourth-order valence-corrected chi connectivity index (χ4v) is 6.46. The van der Waals surface area contributed by atoms with E-state index in [1.807, 2.05) is 0 Å². The Morgan fingerprint density at radius 1 is 1.00 bits per heavy atom. The van der Waals surface area contributed by atoms with E-state index in [1.54, 1.807) is 7.11 Å². The number of ether oxygens (including phenoxy) is 1. The average molecular weight is 470 g/mol. The first-order chi connectivity index (χ1) is 14.2. The summed E-state index contributed by atoms with van der Waals surface area (Å²) in [6.45, 7) is 4.05. The summed E-state index contributed by atoms with van der Waals surface area (Å²) in [6, 6.07) is 9.91. The highest BCUT2D eigenvalue weighted by Gasteiger charge is 2.46. The number of hydrogen-bond donors (Lipinski definition) is 1. The molecule has 5 atom stereocenters. The van der Waals surface area contributed by atoms with Crippen molar-refractivity contribution in [1.82, 2.24) is 15.1 Å². The van der Waals surface area contributed by atoms with E-state index < -0.39 is 0 Å². The number of halogens is 2. The number of nitrogens with zero attached hydrogens (tertiary/aromatic N) is 2. The highest BCUT2D eigenvalue weighted by molar-refractivity contribution is 5.85. The molecule has 4 heterocycles. The van der Waals surface area contributed by atoms with Crippen molar-refractivity contribution in [3.8, 4) is 5.75 Å². The van der Waals surface area contributed by atoms with Crippen molar-refractivity contribution >= 4 is 30.7 Å². The number of amides is 1. The van der Waals surface area contributed by atoms with Gasteiger partial charge < -0.3 is 15.0 Å². The van der Waals surface area contributed by atoms with Crippen LogP contribution in [0.4, 0.5) is 0 Å². The van der Waals surface area contributed by atoms with Crippen molar-refractivity contribution in [1.29, 1.82) is 0 Å². The first kappa shape index (κ1) is 24.6. The topological polar surface area (TPSA) is 44.8 Å². The molecule has 4 aliphatic heterocycles. The molecule has 4 fully saturated rings. The lowest BCUT2D eigenvalue weighted by atomic mass is 9.73. The van der Waals surface area contributed by atoms with Crippen LogP contribution >= 0.6 is 24.8 Å². The molecule has 5 nitrogen and oxygen atoms in total. The third-order valence-corrected chi connectivity index (χ3v) is 7.81. The van der Waals surface area contributed by atoms with Crippen LogP contribution in [-0.4, -0.2) is 61.1 Å². The molecule has 174 valence electrons. The number of fused-ring (bicyclic) bond motifs is 4. The normalized spacial score (nSPS) is 32.8. The maximum atomic E-state index is 13.1. The Hall–Kier alpha value is -1.01. The summed E-state index contributed by atoms with van der Waals surface area (Å²) in [5.74, 6) is 2.56. The molecule has 4 aliphatic rings. The smallest absolute Gasteiger partial charge is 0.239 e. The highest BCUT2D eigenvalue weighted by atomic mass is 35.5. The van der Waals surface area contributed by atoms with Gasteiger partial charge >= 0.3 is 0 Å². The summed E-state index contributed by atoms with van der Waals surface area (Å²) in [5.41, 5.74) is 1.43. The molecule has 31 heavy (non-hydrogen) atoms. The lowest BCUT2D eigenvalue weighted by molar-refractivity contribution is -0.141. The number of hydrogen-bond acceptors (Lipinski definition) is 4. The molecular formula is C24H37Cl2N3O2. The summed E-state index contributed by atoms with van der Waals surface area (Å²) in [4.78, 5) is 18.1. The van der Waals surface area contributed by atoms with Gasteiger partial charge in [-0.3, -0.25) is 9.69 Å². The van der Waals surface area contributed by atoms with Crippen LogP contribution in [0.15, 0.2) is 24.3 Å². The zero-order chi connectivity index (χ0) is 19.8. The Kier molecular flexibility index (Phi) is 8.53. The molecule has 4 saturated heterocycles. The monoisotopic (exact) mass is 469 g/mol. The minimum atomic E-state index is 0. The molecule has 0 unspecified atom stereocenters. The minimum absolute atomic E-state index is 0. The second-order valence-corrected chi connectivity index (χ2v) is 9.59. The number of carbonyl (C=O) groups excluding carboxylic acids is 1. The van der Waals surface area contributed by atoms with Gasteiger partial charge in [-0.15, -0.1) is 24.8 Å². The SMILES string of the molecule is COc1ccc([C@H]2CCC[C@H]3[C@@H]4C[C@@H](CN(C(=O)[C@@H]5CCCCN5)C4)CN23)cc1.Cl.Cl. The van der Waals surface area contributed by atoms with Gasteiger partial charge in [-0.1, -0.05) is 18.6 Å². The van der Waals surface area contributed by atoms with Crippen LogP contribution in [0.5, 0.6) is 5.75 Å². The first-order valence-corrected chi connectivity index (χ1v) is 11.6. The second kappa shape index (κ2) is 10.7. The van der Waals surface area contributed by atoms with Crippen molar-refractivity contribution in [3.05, 3.63) is 29.8 Å². The van der Waals surface area contributed by atoms with E-state index >= 15 is 0 Å². The molecule has 1 amide bonds. The van der Waals surface area contributed by atoms with E-state index in [9.17, 15) is 4.79 Å². The Morgan fingerprint density at radius 3 is 2.52 bits per heavy atom. The zero-order valence-electron chi connectivity index (χ0n) is 18.5. The fraction of sp³-hybridized carbons (Fsp3) is 0.708. The molecule has 1 aromatic rings. The van der Waals surface area contributed by atoms with Gasteiger partial charge in [0.15, 0.2) is 0 Å². The van der Waals surface area contributed by atoms with Crippen LogP contribution in [0.3, 0.4) is 0 Å². The Labute approximate surface area is 199 Å². The van der Waals surface area contributed by atoms with Crippen LogP contribution in [0.25, 0.3) is 0 Å². The van der Waals surface area contributed by atoms with Crippen LogP contribution in [0.2, 0.25) is 0 Å². The van der Waals surface area contributed by atoms with E-state index in [0.717, 1.165) is 38.3 Å². The van der Waals surface area contributed by atoms with Gasteiger partial charge in [-0.2, -0.15) is 0 Å². The van der Waals surface area contributed by atoms with Crippen LogP contribution < -0.4 is 10.1 Å². The number of methoxy groups -OCH3 is 1.